The molecule has 2 heterocycles. The van der Waals surface area contributed by atoms with Crippen LogP contribution in [0.25, 0.3) is 5.69 Å². The predicted molar refractivity (Wildman–Crippen MR) is 114 cm³/mol. The molecular weight excluding hydrogens is 380 g/mol. The van der Waals surface area contributed by atoms with Crippen LogP contribution in [0.4, 0.5) is 5.69 Å². The Morgan fingerprint density at radius 2 is 2.10 bits per heavy atom. The zero-order valence-corrected chi connectivity index (χ0v) is 17.5. The predicted octanol–water partition coefficient (Wildman–Crippen LogP) is 2.74. The van der Waals surface area contributed by atoms with E-state index in [-0.39, 0.29) is 11.2 Å². The Balaban J connectivity index is 1.69. The van der Waals surface area contributed by atoms with E-state index in [9.17, 15) is 9.59 Å². The maximum atomic E-state index is 12.7. The van der Waals surface area contributed by atoms with Crippen molar-refractivity contribution in [3.63, 3.8) is 0 Å². The minimum Gasteiger partial charge on any atom is -0.382 e. The van der Waals surface area contributed by atoms with Crippen molar-refractivity contribution in [1.29, 1.82) is 0 Å². The number of rotatable bonds is 6. The first-order valence-corrected chi connectivity index (χ1v) is 10.0. The van der Waals surface area contributed by atoms with Gasteiger partial charge in [0.25, 0.3) is 5.91 Å². The number of anilines is 1. The summed E-state index contributed by atoms with van der Waals surface area (Å²) in [4.78, 5) is 24.7. The number of carbonyl (C=O) groups is 2. The monoisotopic (exact) mass is 406 g/mol. The van der Waals surface area contributed by atoms with Gasteiger partial charge in [-0.15, -0.1) is 5.10 Å². The van der Waals surface area contributed by atoms with Gasteiger partial charge in [-0.25, -0.2) is 0 Å². The Kier molecular flexibility index (Phi) is 4.93. The highest BCUT2D eigenvalue weighted by Gasteiger charge is 2.34. The van der Waals surface area contributed by atoms with Gasteiger partial charge in [0, 0.05) is 48.0 Å². The van der Waals surface area contributed by atoms with E-state index in [4.69, 9.17) is 5.73 Å². The molecule has 0 spiro atoms. The Bertz CT molecular complexity index is 1110. The Morgan fingerprint density at radius 1 is 1.30 bits per heavy atom. The number of amides is 1. The van der Waals surface area contributed by atoms with Crippen LogP contribution in [0.1, 0.15) is 52.2 Å². The van der Waals surface area contributed by atoms with Gasteiger partial charge >= 0.3 is 0 Å². The van der Waals surface area contributed by atoms with Gasteiger partial charge in [0.15, 0.2) is 5.78 Å². The van der Waals surface area contributed by atoms with Crippen LogP contribution in [0, 0.1) is 12.3 Å². The third-order valence-electron chi connectivity index (χ3n) is 5.54. The molecule has 1 aromatic carbocycles. The maximum Gasteiger partial charge on any atom is 0.250 e. The Labute approximate surface area is 175 Å². The van der Waals surface area contributed by atoms with Crippen molar-refractivity contribution >= 4 is 17.4 Å². The highest BCUT2D eigenvalue weighted by atomic mass is 16.1. The molecular formula is C22H26N6O2. The van der Waals surface area contributed by atoms with Crippen molar-refractivity contribution in [1.82, 2.24) is 19.6 Å². The first-order valence-electron chi connectivity index (χ1n) is 10.0. The zero-order chi connectivity index (χ0) is 21.5. The molecule has 2 aromatic heterocycles. The molecule has 0 atom stereocenters. The molecule has 1 aliphatic rings. The molecule has 0 bridgehead atoms. The molecule has 0 unspecified atom stereocenters. The summed E-state index contributed by atoms with van der Waals surface area (Å²) in [6, 6.07) is 5.51. The third-order valence-corrected chi connectivity index (χ3v) is 5.54. The average Bonchev–Trinajstić information content (AvgIpc) is 3.28. The number of aromatic nitrogens is 4. The topological polar surface area (TPSA) is 108 Å². The van der Waals surface area contributed by atoms with Gasteiger partial charge in [-0.2, -0.15) is 0 Å². The van der Waals surface area contributed by atoms with E-state index in [2.05, 4.69) is 34.0 Å². The van der Waals surface area contributed by atoms with Crippen molar-refractivity contribution in [2.45, 2.75) is 40.2 Å². The second kappa shape index (κ2) is 7.44. The van der Waals surface area contributed by atoms with E-state index in [0.29, 0.717) is 30.8 Å². The van der Waals surface area contributed by atoms with Crippen molar-refractivity contribution < 1.29 is 9.59 Å². The van der Waals surface area contributed by atoms with E-state index in [0.717, 1.165) is 28.9 Å². The van der Waals surface area contributed by atoms with Gasteiger partial charge in [0.2, 0.25) is 0 Å². The van der Waals surface area contributed by atoms with E-state index < -0.39 is 5.91 Å². The van der Waals surface area contributed by atoms with Crippen LogP contribution in [-0.4, -0.2) is 37.8 Å². The van der Waals surface area contributed by atoms with E-state index in [1.807, 2.05) is 25.3 Å². The Hall–Kier alpha value is -3.42. The van der Waals surface area contributed by atoms with Crippen molar-refractivity contribution in [2.24, 2.45) is 11.1 Å². The summed E-state index contributed by atoms with van der Waals surface area (Å²) in [7, 11) is 0. The summed E-state index contributed by atoms with van der Waals surface area (Å²) in [6.07, 6.45) is 6.77. The van der Waals surface area contributed by atoms with Crippen LogP contribution in [0.15, 0.2) is 36.8 Å². The number of hydrogen-bond acceptors (Lipinski definition) is 5. The number of fused-ring (bicyclic) bond motifs is 1. The summed E-state index contributed by atoms with van der Waals surface area (Å²) in [5, 5.41) is 11.0. The number of benzene rings is 1. The fourth-order valence-corrected chi connectivity index (χ4v) is 4.21. The number of primary amides is 1. The van der Waals surface area contributed by atoms with Crippen LogP contribution >= 0.6 is 0 Å². The largest absolute Gasteiger partial charge is 0.382 e. The molecule has 0 saturated heterocycles. The number of Topliss-reactive ketones (excluding diaryl/α,β-unsaturated/α-hetero) is 1. The van der Waals surface area contributed by atoms with Crippen LogP contribution < -0.4 is 11.1 Å². The molecule has 1 aliphatic carbocycles. The first-order chi connectivity index (χ1) is 14.2. The minimum absolute atomic E-state index is 0.0847. The van der Waals surface area contributed by atoms with Gasteiger partial charge in [0.05, 0.1) is 18.3 Å². The van der Waals surface area contributed by atoms with Crippen molar-refractivity contribution in [2.75, 3.05) is 11.9 Å². The lowest BCUT2D eigenvalue weighted by atomic mass is 9.75. The number of nitrogens with zero attached hydrogens (tertiary/aromatic N) is 4. The lowest BCUT2D eigenvalue weighted by Gasteiger charge is -2.30. The average molecular weight is 406 g/mol. The number of ketones is 1. The lowest BCUT2D eigenvalue weighted by Crippen LogP contribution is -2.28. The van der Waals surface area contributed by atoms with Crippen LogP contribution in [0.5, 0.6) is 0 Å². The van der Waals surface area contributed by atoms with E-state index in [1.54, 1.807) is 23.1 Å². The summed E-state index contributed by atoms with van der Waals surface area (Å²) in [5.74, 6) is -0.302. The quantitative estimate of drug-likeness (QED) is 0.654. The second-order valence-electron chi connectivity index (χ2n) is 8.63. The van der Waals surface area contributed by atoms with Gasteiger partial charge < -0.3 is 15.6 Å². The Morgan fingerprint density at radius 3 is 2.80 bits per heavy atom. The minimum atomic E-state index is -0.494. The summed E-state index contributed by atoms with van der Waals surface area (Å²) >= 11 is 0. The van der Waals surface area contributed by atoms with Gasteiger partial charge in [-0.05, 0) is 42.5 Å². The molecule has 0 fully saturated rings. The summed E-state index contributed by atoms with van der Waals surface area (Å²) in [6.45, 7) is 7.37. The number of aryl methyl sites for hydroxylation is 1. The SMILES string of the molecule is Cc1cn(-c2ccc(C(N)=O)c(NCCn3ccnn3)c2)c2c1C(=O)CC(C)(C)C2. The van der Waals surface area contributed by atoms with Crippen LogP contribution in [-0.2, 0) is 13.0 Å². The molecule has 0 aliphatic heterocycles. The first kappa shape index (κ1) is 19.9. The highest BCUT2D eigenvalue weighted by Crippen LogP contribution is 2.38. The molecule has 30 heavy (non-hydrogen) atoms. The standard InChI is InChI=1S/C22H26N6O2/c1-14-13-28(18-11-22(2,3)12-19(29)20(14)18)15-4-5-16(21(23)30)17(10-15)24-6-8-27-9-7-25-26-27/h4-5,7,9-10,13,24H,6,8,11-12H2,1-3H3,(H2,23,30). The van der Waals surface area contributed by atoms with E-state index in [1.165, 1.54) is 0 Å². The smallest absolute Gasteiger partial charge is 0.250 e. The zero-order valence-electron chi connectivity index (χ0n) is 17.5. The van der Waals surface area contributed by atoms with E-state index >= 15 is 0 Å². The summed E-state index contributed by atoms with van der Waals surface area (Å²) < 4.78 is 3.77. The molecule has 3 aromatic rings. The molecule has 0 saturated carbocycles. The molecule has 1 amide bonds. The number of carbonyl (C=O) groups excluding carboxylic acids is 2. The lowest BCUT2D eigenvalue weighted by molar-refractivity contribution is 0.0909. The molecule has 156 valence electrons. The van der Waals surface area contributed by atoms with Crippen LogP contribution in [0.3, 0.4) is 0 Å². The maximum absolute atomic E-state index is 12.7. The number of nitrogens with one attached hydrogen (secondary N) is 1. The molecule has 0 radical (unpaired) electrons. The van der Waals surface area contributed by atoms with Gasteiger partial charge in [-0.1, -0.05) is 19.1 Å². The molecule has 3 N–H and O–H groups in total. The van der Waals surface area contributed by atoms with Crippen molar-refractivity contribution in [3.05, 3.63) is 59.2 Å². The fraction of sp³-hybridized carbons (Fsp3) is 0.364. The third kappa shape index (κ3) is 3.72. The molecule has 8 heteroatoms. The van der Waals surface area contributed by atoms with Gasteiger partial charge in [0.1, 0.15) is 0 Å². The van der Waals surface area contributed by atoms with Gasteiger partial charge in [-0.3, -0.25) is 14.3 Å². The number of nitrogens with two attached hydrogens (primary N) is 1. The fourth-order valence-electron chi connectivity index (χ4n) is 4.21. The number of hydrogen-bond donors (Lipinski definition) is 2. The van der Waals surface area contributed by atoms with Crippen molar-refractivity contribution in [3.8, 4) is 5.69 Å². The summed E-state index contributed by atoms with van der Waals surface area (Å²) in [5.41, 5.74) is 10.3. The highest BCUT2D eigenvalue weighted by molar-refractivity contribution is 6.01. The van der Waals surface area contributed by atoms with Crippen LogP contribution in [0.2, 0.25) is 0 Å². The normalized spacial score (nSPS) is 15.1. The molecule has 4 rings (SSSR count). The second-order valence-corrected chi connectivity index (χ2v) is 8.63. The molecule has 8 nitrogen and oxygen atoms in total.